The van der Waals surface area contributed by atoms with Crippen LogP contribution in [-0.2, 0) is 16.1 Å². The van der Waals surface area contributed by atoms with Gasteiger partial charge in [0.05, 0.1) is 25.8 Å². The number of carbonyl (C=O) groups excluding carboxylic acids is 1. The topological polar surface area (TPSA) is 38.8 Å². The summed E-state index contributed by atoms with van der Waals surface area (Å²) in [5.74, 6) is 0. The van der Waals surface area contributed by atoms with E-state index in [0.717, 1.165) is 5.56 Å². The number of amides is 1. The first-order valence-corrected chi connectivity index (χ1v) is 8.11. The standard InChI is InChI=1S/C18H26FNO3/c1-18(2,3)23-17(21)20-11-15(19)9-10-16(12-20)22-13-14-7-5-4-6-8-14/h4-8,15-16H,9-13H2,1-3H3. The third-order valence-electron chi connectivity index (χ3n) is 3.62. The Morgan fingerprint density at radius 1 is 1.22 bits per heavy atom. The van der Waals surface area contributed by atoms with E-state index in [1.807, 2.05) is 30.3 Å². The number of halogens is 1. The van der Waals surface area contributed by atoms with Crippen molar-refractivity contribution in [3.8, 4) is 0 Å². The van der Waals surface area contributed by atoms with Crippen molar-refractivity contribution in [3.05, 3.63) is 35.9 Å². The Labute approximate surface area is 137 Å². The van der Waals surface area contributed by atoms with E-state index >= 15 is 0 Å². The van der Waals surface area contributed by atoms with E-state index in [1.54, 1.807) is 20.8 Å². The lowest BCUT2D eigenvalue weighted by Gasteiger charge is -2.28. The third kappa shape index (κ3) is 6.18. The zero-order valence-electron chi connectivity index (χ0n) is 14.1. The highest BCUT2D eigenvalue weighted by Crippen LogP contribution is 2.20. The summed E-state index contributed by atoms with van der Waals surface area (Å²) in [5.41, 5.74) is 0.479. The molecular formula is C18H26FNO3. The maximum Gasteiger partial charge on any atom is 0.410 e. The Morgan fingerprint density at radius 3 is 2.57 bits per heavy atom. The highest BCUT2D eigenvalue weighted by atomic mass is 19.1. The van der Waals surface area contributed by atoms with Gasteiger partial charge in [0.15, 0.2) is 0 Å². The normalized spacial score (nSPS) is 22.5. The van der Waals surface area contributed by atoms with Gasteiger partial charge in [-0.1, -0.05) is 30.3 Å². The van der Waals surface area contributed by atoms with Gasteiger partial charge in [0.25, 0.3) is 0 Å². The Bertz CT molecular complexity index is 501. The summed E-state index contributed by atoms with van der Waals surface area (Å²) in [4.78, 5) is 13.6. The van der Waals surface area contributed by atoms with E-state index in [-0.39, 0.29) is 12.6 Å². The van der Waals surface area contributed by atoms with Crippen LogP contribution >= 0.6 is 0 Å². The maximum atomic E-state index is 13.9. The number of carbonyl (C=O) groups is 1. The zero-order valence-corrected chi connectivity index (χ0v) is 14.1. The Balaban J connectivity index is 1.94. The second-order valence-electron chi connectivity index (χ2n) is 6.98. The van der Waals surface area contributed by atoms with E-state index in [0.29, 0.717) is 26.0 Å². The lowest BCUT2D eigenvalue weighted by molar-refractivity contribution is -0.00453. The minimum absolute atomic E-state index is 0.0696. The molecule has 0 spiro atoms. The Morgan fingerprint density at radius 2 is 1.91 bits per heavy atom. The van der Waals surface area contributed by atoms with Crippen molar-refractivity contribution in [2.24, 2.45) is 0 Å². The molecule has 1 saturated heterocycles. The minimum Gasteiger partial charge on any atom is -0.444 e. The summed E-state index contributed by atoms with van der Waals surface area (Å²) < 4.78 is 25.2. The van der Waals surface area contributed by atoms with Crippen LogP contribution in [0.1, 0.15) is 39.2 Å². The van der Waals surface area contributed by atoms with Crippen molar-refractivity contribution < 1.29 is 18.7 Å². The summed E-state index contributed by atoms with van der Waals surface area (Å²) in [6.07, 6.45) is -0.682. The number of rotatable bonds is 3. The summed E-state index contributed by atoms with van der Waals surface area (Å²) in [7, 11) is 0. The molecule has 1 aliphatic rings. The fourth-order valence-corrected chi connectivity index (χ4v) is 2.51. The first kappa shape index (κ1) is 17.7. The summed E-state index contributed by atoms with van der Waals surface area (Å²) in [6, 6.07) is 9.83. The molecule has 2 atom stereocenters. The van der Waals surface area contributed by atoms with Gasteiger partial charge in [0, 0.05) is 0 Å². The third-order valence-corrected chi connectivity index (χ3v) is 3.62. The highest BCUT2D eigenvalue weighted by molar-refractivity contribution is 5.68. The summed E-state index contributed by atoms with van der Waals surface area (Å²) >= 11 is 0. The van der Waals surface area contributed by atoms with Crippen LogP contribution < -0.4 is 0 Å². The molecule has 4 nitrogen and oxygen atoms in total. The molecule has 0 bridgehead atoms. The van der Waals surface area contributed by atoms with E-state index in [4.69, 9.17) is 9.47 Å². The Kier molecular flexibility index (Phi) is 5.99. The van der Waals surface area contributed by atoms with Crippen LogP contribution in [0.15, 0.2) is 30.3 Å². The summed E-state index contributed by atoms with van der Waals surface area (Å²) in [6.45, 7) is 6.31. The van der Waals surface area contributed by atoms with Crippen LogP contribution in [0.4, 0.5) is 9.18 Å². The molecule has 1 fully saturated rings. The molecule has 0 aromatic heterocycles. The quantitative estimate of drug-likeness (QED) is 0.845. The fourth-order valence-electron chi connectivity index (χ4n) is 2.51. The van der Waals surface area contributed by atoms with Gasteiger partial charge in [-0.2, -0.15) is 0 Å². The maximum absolute atomic E-state index is 13.9. The molecule has 1 heterocycles. The largest absolute Gasteiger partial charge is 0.444 e. The highest BCUT2D eigenvalue weighted by Gasteiger charge is 2.30. The van der Waals surface area contributed by atoms with Crippen LogP contribution in [0.2, 0.25) is 0 Å². The van der Waals surface area contributed by atoms with Crippen molar-refractivity contribution in [2.45, 2.75) is 58.1 Å². The van der Waals surface area contributed by atoms with Gasteiger partial charge in [-0.05, 0) is 39.2 Å². The van der Waals surface area contributed by atoms with Gasteiger partial charge in [-0.3, -0.25) is 0 Å². The fraction of sp³-hybridized carbons (Fsp3) is 0.611. The van der Waals surface area contributed by atoms with E-state index < -0.39 is 17.9 Å². The van der Waals surface area contributed by atoms with E-state index in [9.17, 15) is 9.18 Å². The molecule has 1 aliphatic heterocycles. The van der Waals surface area contributed by atoms with Crippen molar-refractivity contribution in [1.29, 1.82) is 0 Å². The average molecular weight is 323 g/mol. The van der Waals surface area contributed by atoms with Crippen molar-refractivity contribution in [2.75, 3.05) is 13.1 Å². The number of benzene rings is 1. The molecule has 0 radical (unpaired) electrons. The number of alkyl halides is 1. The zero-order chi connectivity index (χ0) is 16.9. The van der Waals surface area contributed by atoms with Crippen molar-refractivity contribution >= 4 is 6.09 Å². The number of likely N-dealkylation sites (tertiary alicyclic amines) is 1. The lowest BCUT2D eigenvalue weighted by Crippen LogP contribution is -2.42. The summed E-state index contributed by atoms with van der Waals surface area (Å²) in [5, 5.41) is 0. The smallest absolute Gasteiger partial charge is 0.410 e. The average Bonchev–Trinajstić information content (AvgIpc) is 2.66. The van der Waals surface area contributed by atoms with Gasteiger partial charge in [-0.15, -0.1) is 0 Å². The molecule has 0 aliphatic carbocycles. The molecule has 0 saturated carbocycles. The van der Waals surface area contributed by atoms with Crippen LogP contribution in [0.3, 0.4) is 0 Å². The Hall–Kier alpha value is -1.62. The van der Waals surface area contributed by atoms with Crippen LogP contribution in [0.25, 0.3) is 0 Å². The lowest BCUT2D eigenvalue weighted by atomic mass is 10.1. The van der Waals surface area contributed by atoms with E-state index in [2.05, 4.69) is 0 Å². The van der Waals surface area contributed by atoms with Crippen molar-refractivity contribution in [1.82, 2.24) is 4.90 Å². The molecule has 2 rings (SSSR count). The molecular weight excluding hydrogens is 297 g/mol. The molecule has 2 unspecified atom stereocenters. The second kappa shape index (κ2) is 7.77. The number of ether oxygens (including phenoxy) is 2. The molecule has 1 amide bonds. The van der Waals surface area contributed by atoms with Crippen molar-refractivity contribution in [3.63, 3.8) is 0 Å². The number of hydrogen-bond donors (Lipinski definition) is 0. The molecule has 1 aromatic carbocycles. The van der Waals surface area contributed by atoms with Crippen LogP contribution in [-0.4, -0.2) is 42.0 Å². The molecule has 0 N–H and O–H groups in total. The first-order chi connectivity index (χ1) is 10.8. The van der Waals surface area contributed by atoms with Gasteiger partial charge in [0.1, 0.15) is 11.8 Å². The van der Waals surface area contributed by atoms with Gasteiger partial charge < -0.3 is 14.4 Å². The molecule has 1 aromatic rings. The van der Waals surface area contributed by atoms with E-state index in [1.165, 1.54) is 4.90 Å². The predicted octanol–water partition coefficient (Wildman–Crippen LogP) is 3.94. The molecule has 5 heteroatoms. The van der Waals surface area contributed by atoms with Crippen LogP contribution in [0, 0.1) is 0 Å². The minimum atomic E-state index is -1.03. The second-order valence-corrected chi connectivity index (χ2v) is 6.98. The van der Waals surface area contributed by atoms with Gasteiger partial charge in [-0.25, -0.2) is 9.18 Å². The monoisotopic (exact) mass is 323 g/mol. The number of hydrogen-bond acceptors (Lipinski definition) is 3. The van der Waals surface area contributed by atoms with Gasteiger partial charge >= 0.3 is 6.09 Å². The first-order valence-electron chi connectivity index (χ1n) is 8.11. The SMILES string of the molecule is CC(C)(C)OC(=O)N1CC(F)CCC(OCc2ccccc2)C1. The predicted molar refractivity (Wildman–Crippen MR) is 87.0 cm³/mol. The number of nitrogens with zero attached hydrogens (tertiary/aromatic N) is 1. The van der Waals surface area contributed by atoms with Gasteiger partial charge in [0.2, 0.25) is 0 Å². The van der Waals surface area contributed by atoms with Crippen LogP contribution in [0.5, 0.6) is 0 Å². The molecule has 23 heavy (non-hydrogen) atoms. The molecule has 128 valence electrons.